The molecule has 3 N–H and O–H groups in total. The molecule has 1 aromatic heterocycles. The van der Waals surface area contributed by atoms with E-state index in [9.17, 15) is 13.2 Å². The molecule has 3 aromatic carbocycles. The first-order valence-electron chi connectivity index (χ1n) is 12.7. The smallest absolute Gasteiger partial charge is 0.307 e. The third-order valence-corrected chi connectivity index (χ3v) is 7.83. The summed E-state index contributed by atoms with van der Waals surface area (Å²) in [5.41, 5.74) is 6.02. The van der Waals surface area contributed by atoms with Crippen LogP contribution in [0, 0.1) is 0 Å². The van der Waals surface area contributed by atoms with E-state index in [1.54, 1.807) is 0 Å². The van der Waals surface area contributed by atoms with Crippen molar-refractivity contribution in [3.63, 3.8) is 0 Å². The van der Waals surface area contributed by atoms with Gasteiger partial charge in [-0.3, -0.25) is 0 Å². The van der Waals surface area contributed by atoms with Gasteiger partial charge in [0.05, 0.1) is 0 Å². The molecule has 11 heteroatoms. The fraction of sp³-hybridized carbons (Fsp3) is 0.286. The van der Waals surface area contributed by atoms with E-state index < -0.39 is 16.2 Å². The molecule has 39 heavy (non-hydrogen) atoms. The van der Waals surface area contributed by atoms with Crippen molar-refractivity contribution in [2.45, 2.75) is 46.1 Å². The normalized spacial score (nSPS) is 11.8. The van der Waals surface area contributed by atoms with E-state index >= 15 is 0 Å². The molecule has 0 radical (unpaired) electrons. The molecule has 0 fully saturated rings. The molecule has 0 aliphatic rings. The summed E-state index contributed by atoms with van der Waals surface area (Å²) in [4.78, 5) is 12.8. The Bertz CT molecular complexity index is 1510. The first-order chi connectivity index (χ1) is 18.6. The molecule has 0 aliphatic carbocycles. The number of H-pyrrole nitrogens is 1. The van der Waals surface area contributed by atoms with Crippen molar-refractivity contribution in [3.8, 4) is 22.5 Å². The van der Waals surface area contributed by atoms with Gasteiger partial charge in [-0.1, -0.05) is 94.4 Å². The summed E-state index contributed by atoms with van der Waals surface area (Å²) < 4.78 is 29.2. The van der Waals surface area contributed by atoms with Crippen molar-refractivity contribution < 1.29 is 13.2 Å². The summed E-state index contributed by atoms with van der Waals surface area (Å²) in [7, 11) is -2.67. The van der Waals surface area contributed by atoms with Gasteiger partial charge in [-0.25, -0.2) is 14.6 Å². The predicted molar refractivity (Wildman–Crippen MR) is 152 cm³/mol. The summed E-state index contributed by atoms with van der Waals surface area (Å²) in [5, 5.41) is 16.9. The van der Waals surface area contributed by atoms with Gasteiger partial charge in [0, 0.05) is 24.8 Å². The molecule has 0 atom stereocenters. The zero-order valence-electron chi connectivity index (χ0n) is 22.6. The minimum absolute atomic E-state index is 0.0798. The molecule has 0 spiro atoms. The number of nitrogens with zero attached hydrogens (tertiary/aromatic N) is 4. The lowest BCUT2D eigenvalue weighted by molar-refractivity contribution is 0.256. The number of hydrogen-bond donors (Lipinski definition) is 3. The number of para-hydroxylation sites is 1. The van der Waals surface area contributed by atoms with Crippen LogP contribution in [0.3, 0.4) is 0 Å². The first-order valence-corrected chi connectivity index (χ1v) is 14.1. The van der Waals surface area contributed by atoms with Crippen molar-refractivity contribution in [2.24, 2.45) is 0 Å². The van der Waals surface area contributed by atoms with Crippen LogP contribution >= 0.6 is 0 Å². The number of hydrogen-bond acceptors (Lipinski definition) is 6. The molecule has 0 bridgehead atoms. The van der Waals surface area contributed by atoms with Gasteiger partial charge in [-0.2, -0.15) is 12.7 Å². The molecular formula is C28H33N7O3S. The van der Waals surface area contributed by atoms with Crippen LogP contribution in [-0.2, 0) is 16.8 Å². The Morgan fingerprint density at radius 3 is 2.08 bits per heavy atom. The molecule has 4 rings (SSSR count). The molecule has 0 saturated heterocycles. The second-order valence-electron chi connectivity index (χ2n) is 9.93. The van der Waals surface area contributed by atoms with Gasteiger partial charge in [0.2, 0.25) is 0 Å². The van der Waals surface area contributed by atoms with Crippen LogP contribution in [0.5, 0.6) is 0 Å². The fourth-order valence-corrected chi connectivity index (χ4v) is 5.14. The number of nitrogens with one attached hydrogen (secondary N) is 3. The lowest BCUT2D eigenvalue weighted by atomic mass is 9.93. The standard InChI is InChI=1S/C28H33N7O3S/c1-18(2)22-11-8-12-23(19(3)4)26(22)29-28(36)32-39(37,38)35(5)17-20-13-15-21(16-14-20)24-9-6-7-10-25(24)27-30-33-34-31-27/h6-16,18-19H,17H2,1-5H3,(H2,29,32,36)(H,30,31,33,34). The van der Waals surface area contributed by atoms with Crippen molar-refractivity contribution in [1.82, 2.24) is 29.7 Å². The Labute approximate surface area is 229 Å². The predicted octanol–water partition coefficient (Wildman–Crippen LogP) is 5.28. The Hall–Kier alpha value is -4.09. The lowest BCUT2D eigenvalue weighted by Gasteiger charge is -2.22. The molecule has 0 unspecified atom stereocenters. The van der Waals surface area contributed by atoms with Gasteiger partial charge in [0.25, 0.3) is 0 Å². The van der Waals surface area contributed by atoms with Crippen molar-refractivity contribution in [1.29, 1.82) is 0 Å². The number of carbonyl (C=O) groups excluding carboxylic acids is 1. The van der Waals surface area contributed by atoms with E-state index in [0.717, 1.165) is 37.7 Å². The van der Waals surface area contributed by atoms with Crippen LogP contribution in [0.25, 0.3) is 22.5 Å². The average Bonchev–Trinajstić information content (AvgIpc) is 3.43. The van der Waals surface area contributed by atoms with Crippen molar-refractivity contribution >= 4 is 21.9 Å². The molecule has 0 saturated carbocycles. The number of carbonyl (C=O) groups is 1. The minimum Gasteiger partial charge on any atom is -0.307 e. The highest BCUT2D eigenvalue weighted by Crippen LogP contribution is 2.32. The van der Waals surface area contributed by atoms with Gasteiger partial charge in [0.15, 0.2) is 5.82 Å². The van der Waals surface area contributed by atoms with Crippen LogP contribution in [0.15, 0.2) is 66.7 Å². The number of urea groups is 1. The zero-order chi connectivity index (χ0) is 28.2. The van der Waals surface area contributed by atoms with Gasteiger partial charge in [-0.05, 0) is 50.1 Å². The van der Waals surface area contributed by atoms with Crippen LogP contribution in [0.4, 0.5) is 10.5 Å². The molecule has 10 nitrogen and oxygen atoms in total. The molecule has 0 aliphatic heterocycles. The maximum Gasteiger partial charge on any atom is 0.333 e. The first kappa shape index (κ1) is 27.9. The van der Waals surface area contributed by atoms with Crippen LogP contribution < -0.4 is 10.0 Å². The Morgan fingerprint density at radius 2 is 1.51 bits per heavy atom. The number of benzene rings is 3. The summed E-state index contributed by atoms with van der Waals surface area (Å²) in [5.74, 6) is 0.864. The number of anilines is 1. The van der Waals surface area contributed by atoms with Gasteiger partial charge in [0.1, 0.15) is 0 Å². The van der Waals surface area contributed by atoms with Gasteiger partial charge >= 0.3 is 16.2 Å². The quantitative estimate of drug-likeness (QED) is 0.261. The Morgan fingerprint density at radius 1 is 0.897 bits per heavy atom. The summed E-state index contributed by atoms with van der Waals surface area (Å²) in [6.45, 7) is 8.20. The maximum absolute atomic E-state index is 13.0. The van der Waals surface area contributed by atoms with Crippen molar-refractivity contribution in [3.05, 3.63) is 83.4 Å². The van der Waals surface area contributed by atoms with E-state index in [1.165, 1.54) is 7.05 Å². The molecular weight excluding hydrogens is 514 g/mol. The zero-order valence-corrected chi connectivity index (χ0v) is 23.5. The number of rotatable bonds is 9. The highest BCUT2D eigenvalue weighted by atomic mass is 32.2. The molecule has 1 heterocycles. The Balaban J connectivity index is 1.46. The topological polar surface area (TPSA) is 133 Å². The number of aromatic nitrogens is 4. The monoisotopic (exact) mass is 547 g/mol. The molecule has 2 amide bonds. The van der Waals surface area contributed by atoms with Crippen LogP contribution in [0.2, 0.25) is 0 Å². The summed E-state index contributed by atoms with van der Waals surface area (Å²) in [6.07, 6.45) is 0. The van der Waals surface area contributed by atoms with Crippen molar-refractivity contribution in [2.75, 3.05) is 12.4 Å². The highest BCUT2D eigenvalue weighted by molar-refractivity contribution is 7.87. The summed E-state index contributed by atoms with van der Waals surface area (Å²) in [6, 6.07) is 20.3. The van der Waals surface area contributed by atoms with E-state index in [1.807, 2.05) is 94.4 Å². The lowest BCUT2D eigenvalue weighted by Crippen LogP contribution is -2.43. The second-order valence-corrected chi connectivity index (χ2v) is 11.7. The number of aromatic amines is 1. The Kier molecular flexibility index (Phi) is 8.41. The van der Waals surface area contributed by atoms with E-state index in [4.69, 9.17) is 0 Å². The minimum atomic E-state index is -4.10. The van der Waals surface area contributed by atoms with Gasteiger partial charge in [-0.15, -0.1) is 5.10 Å². The SMILES string of the molecule is CC(C)c1cccc(C(C)C)c1NC(=O)NS(=O)(=O)N(C)Cc1ccc(-c2ccccc2-c2nnn[nH]2)cc1. The van der Waals surface area contributed by atoms with Crippen LogP contribution in [-0.4, -0.2) is 46.4 Å². The maximum atomic E-state index is 13.0. The van der Waals surface area contributed by atoms with E-state index in [2.05, 4.69) is 30.7 Å². The molecule has 4 aromatic rings. The molecule has 204 valence electrons. The average molecular weight is 548 g/mol. The largest absolute Gasteiger partial charge is 0.333 e. The third-order valence-electron chi connectivity index (χ3n) is 6.44. The van der Waals surface area contributed by atoms with Gasteiger partial charge < -0.3 is 5.32 Å². The third kappa shape index (κ3) is 6.50. The number of amides is 2. The van der Waals surface area contributed by atoms with E-state index in [0.29, 0.717) is 11.5 Å². The van der Waals surface area contributed by atoms with Crippen LogP contribution in [0.1, 0.15) is 56.2 Å². The highest BCUT2D eigenvalue weighted by Gasteiger charge is 2.23. The van der Waals surface area contributed by atoms with E-state index in [-0.39, 0.29) is 18.4 Å². The fourth-order valence-electron chi connectivity index (χ4n) is 4.38. The second kappa shape index (κ2) is 11.7. The number of tetrazole rings is 1. The summed E-state index contributed by atoms with van der Waals surface area (Å²) >= 11 is 0.